The van der Waals surface area contributed by atoms with Crippen molar-refractivity contribution in [3.8, 4) is 0 Å². The number of aromatic nitrogens is 5. The summed E-state index contributed by atoms with van der Waals surface area (Å²) in [4.78, 5) is 55.2. The van der Waals surface area contributed by atoms with Crippen molar-refractivity contribution in [1.29, 1.82) is 0 Å². The lowest BCUT2D eigenvalue weighted by Gasteiger charge is -2.20. The first-order chi connectivity index (χ1) is 21.1. The molecule has 11 N–H and O–H groups in total. The predicted octanol–water partition coefficient (Wildman–Crippen LogP) is -3.86. The number of imidazole rings is 1. The maximum Gasteiger partial charge on any atom is 0.481 e. The largest absolute Gasteiger partial charge is 0.481 e. The first-order valence-corrected chi connectivity index (χ1v) is 15.8. The van der Waals surface area contributed by atoms with Crippen molar-refractivity contribution in [2.75, 3.05) is 18.9 Å². The lowest BCUT2D eigenvalue weighted by atomic mass is 10.1. The Hall–Kier alpha value is -3.05. The van der Waals surface area contributed by atoms with E-state index in [1.165, 1.54) is 10.9 Å². The predicted molar refractivity (Wildman–Crippen MR) is 142 cm³/mol. The van der Waals surface area contributed by atoms with Crippen LogP contribution in [0.5, 0.6) is 0 Å². The van der Waals surface area contributed by atoms with E-state index < -0.39 is 89.3 Å². The van der Waals surface area contributed by atoms with E-state index in [4.69, 9.17) is 19.7 Å². The third-order valence-corrected chi connectivity index (χ3v) is 9.48. The number of nitrogens with zero attached hydrogens (tertiary/aromatic N) is 5. The second kappa shape index (κ2) is 12.6. The van der Waals surface area contributed by atoms with Crippen molar-refractivity contribution in [3.63, 3.8) is 0 Å². The van der Waals surface area contributed by atoms with Crippen LogP contribution in [0.25, 0.3) is 11.2 Å². The van der Waals surface area contributed by atoms with Crippen molar-refractivity contribution in [3.05, 3.63) is 46.9 Å². The van der Waals surface area contributed by atoms with Crippen molar-refractivity contribution in [2.45, 2.75) is 49.1 Å². The van der Waals surface area contributed by atoms with E-state index >= 15 is 0 Å². The Balaban J connectivity index is 1.16. The molecule has 5 rings (SSSR count). The summed E-state index contributed by atoms with van der Waals surface area (Å²) >= 11 is 0. The van der Waals surface area contributed by atoms with Crippen LogP contribution in [0.3, 0.4) is 0 Å². The second-order valence-corrected chi connectivity index (χ2v) is 12.9. The van der Waals surface area contributed by atoms with Gasteiger partial charge in [-0.15, -0.1) is 0 Å². The highest BCUT2D eigenvalue weighted by Gasteiger charge is 2.48. The number of aliphatic hydroxyl groups is 4. The van der Waals surface area contributed by atoms with Crippen molar-refractivity contribution in [2.24, 2.45) is 0 Å². The van der Waals surface area contributed by atoms with E-state index in [-0.39, 0.29) is 22.5 Å². The monoisotopic (exact) mass is 680 g/mol. The number of ether oxygens (including phenoxy) is 2. The fourth-order valence-corrected chi connectivity index (χ4v) is 6.74. The summed E-state index contributed by atoms with van der Waals surface area (Å²) in [6.07, 6.45) is -7.72. The molecular formula is C21H28N7O15P2+. The maximum absolute atomic E-state index is 12.4. The summed E-state index contributed by atoms with van der Waals surface area (Å²) in [5, 5.41) is 41.6. The lowest BCUT2D eigenvalue weighted by molar-refractivity contribution is -0.255. The highest BCUT2D eigenvalue weighted by Crippen LogP contribution is 2.60. The number of fused-ring (bicyclic) bond motifs is 1. The molecule has 2 aliphatic heterocycles. The third kappa shape index (κ3) is 6.89. The summed E-state index contributed by atoms with van der Waals surface area (Å²) in [5.74, 6) is -0.769. The molecule has 45 heavy (non-hydrogen) atoms. The number of hydrogen-bond donors (Lipinski definition) is 8. The van der Waals surface area contributed by atoms with E-state index in [2.05, 4.69) is 29.5 Å². The minimum absolute atomic E-state index is 0.0423. The third-order valence-electron chi connectivity index (χ3n) is 6.88. The Morgan fingerprint density at radius 2 is 1.53 bits per heavy atom. The van der Waals surface area contributed by atoms with E-state index in [0.717, 1.165) is 29.4 Å². The summed E-state index contributed by atoms with van der Waals surface area (Å²) in [6.45, 7) is -1.86. The number of nitrogen functional groups attached to an aromatic ring is 1. The fraction of sp³-hybridized carbons (Fsp3) is 0.476. The molecule has 2 fully saturated rings. The smallest absolute Gasteiger partial charge is 0.387 e. The number of pyridine rings is 1. The number of carbonyl (C=O) groups is 1. The van der Waals surface area contributed by atoms with Gasteiger partial charge in [-0.3, -0.25) is 24.1 Å². The molecule has 2 saturated heterocycles. The van der Waals surface area contributed by atoms with Crippen LogP contribution < -0.4 is 16.9 Å². The number of amides is 1. The van der Waals surface area contributed by atoms with Crippen LogP contribution in [0.15, 0.2) is 35.9 Å². The minimum atomic E-state index is -5.41. The molecule has 24 heteroatoms. The highest BCUT2D eigenvalue weighted by molar-refractivity contribution is 7.61. The van der Waals surface area contributed by atoms with Gasteiger partial charge in [0.2, 0.25) is 0 Å². The topological polar surface area (TPSA) is 338 Å². The Labute approximate surface area is 250 Å². The van der Waals surface area contributed by atoms with Gasteiger partial charge in [0.05, 0.1) is 19.5 Å². The molecule has 0 spiro atoms. The van der Waals surface area contributed by atoms with Crippen LogP contribution >= 0.6 is 15.6 Å². The van der Waals surface area contributed by atoms with Crippen molar-refractivity contribution in [1.82, 2.24) is 24.1 Å². The number of aliphatic hydroxyl groups excluding tert-OH is 4. The molecule has 0 bridgehead atoms. The van der Waals surface area contributed by atoms with Crippen LogP contribution in [-0.2, 0) is 32.0 Å². The Morgan fingerprint density at radius 1 is 0.956 bits per heavy atom. The van der Waals surface area contributed by atoms with Gasteiger partial charge in [-0.25, -0.2) is 28.9 Å². The first-order valence-electron chi connectivity index (χ1n) is 12.8. The highest BCUT2D eigenvalue weighted by atomic mass is 31.3. The molecule has 5 heterocycles. The number of phosphoric ester groups is 2. The van der Waals surface area contributed by atoms with Gasteiger partial charge in [0.1, 0.15) is 54.0 Å². The summed E-state index contributed by atoms with van der Waals surface area (Å²) in [5.41, 5.74) is 8.26. The molecule has 3 aromatic rings. The zero-order valence-electron chi connectivity index (χ0n) is 22.7. The molecular weight excluding hydrogens is 652 g/mol. The summed E-state index contributed by atoms with van der Waals surface area (Å²) < 4.78 is 51.8. The summed E-state index contributed by atoms with van der Waals surface area (Å²) in [7, 11) is -10.8. The number of hydrogen-bond acceptors (Lipinski definition) is 17. The van der Waals surface area contributed by atoms with Crippen molar-refractivity contribution < 1.29 is 72.7 Å². The number of carbonyl (C=O) groups excluding carboxylic acids is 1. The Kier molecular flexibility index (Phi) is 9.35. The van der Waals surface area contributed by atoms with Gasteiger partial charge in [-0.2, -0.15) is 4.31 Å². The average molecular weight is 680 g/mol. The molecule has 2 aliphatic rings. The Morgan fingerprint density at radius 3 is 2.13 bits per heavy atom. The number of phosphoric acid groups is 2. The van der Waals surface area contributed by atoms with Crippen LogP contribution in [0.4, 0.5) is 5.82 Å². The molecule has 246 valence electrons. The molecule has 1 amide bonds. The van der Waals surface area contributed by atoms with Gasteiger partial charge in [-0.05, 0) is 0 Å². The van der Waals surface area contributed by atoms with Crippen LogP contribution in [0.2, 0.25) is 0 Å². The molecule has 10 atom stereocenters. The molecule has 0 aromatic carbocycles. The summed E-state index contributed by atoms with van der Waals surface area (Å²) in [6, 6.07) is 1.00. The van der Waals surface area contributed by atoms with Gasteiger partial charge in [0.15, 0.2) is 29.3 Å². The molecule has 2 unspecified atom stereocenters. The fourth-order valence-electron chi connectivity index (χ4n) is 4.65. The van der Waals surface area contributed by atoms with Crippen LogP contribution in [0, 0.1) is 0 Å². The normalized spacial score (nSPS) is 31.2. The SMILES string of the molecule is Nc1ncnc2c1ncn2[C@@H]1O[C@H](COP(=O)(O)OP(=O)(O)OC[C@H]2O[C@@H](n3ccc(=O)c(C([NH3+])=O)c3)[C@H](O)[C@@H]2O)[C@@H](O)[C@H]1O. The van der Waals surface area contributed by atoms with Crippen LogP contribution in [-0.4, -0.2) is 110 Å². The first kappa shape index (κ1) is 33.3. The van der Waals surface area contributed by atoms with Crippen molar-refractivity contribution >= 4 is 38.5 Å². The van der Waals surface area contributed by atoms with E-state index in [0.29, 0.717) is 0 Å². The zero-order valence-corrected chi connectivity index (χ0v) is 24.5. The van der Waals surface area contributed by atoms with E-state index in [1.807, 2.05) is 0 Å². The number of rotatable bonds is 11. The number of nitrogens with two attached hydrogens (primary N) is 1. The van der Waals surface area contributed by atoms with Crippen LogP contribution in [0.1, 0.15) is 22.8 Å². The number of quaternary nitrogens is 1. The Bertz CT molecular complexity index is 1740. The molecule has 3 aromatic heterocycles. The van der Waals surface area contributed by atoms with E-state index in [1.54, 1.807) is 0 Å². The van der Waals surface area contributed by atoms with Gasteiger partial charge < -0.3 is 50.0 Å². The zero-order chi connectivity index (χ0) is 32.8. The molecule has 0 saturated carbocycles. The van der Waals surface area contributed by atoms with E-state index in [9.17, 15) is 48.9 Å². The molecule has 0 radical (unpaired) electrons. The lowest BCUT2D eigenvalue weighted by Crippen LogP contribution is -2.58. The van der Waals surface area contributed by atoms with Gasteiger partial charge in [0, 0.05) is 18.5 Å². The maximum atomic E-state index is 12.4. The molecule has 0 aliphatic carbocycles. The van der Waals surface area contributed by atoms with Gasteiger partial charge >= 0.3 is 21.6 Å². The minimum Gasteiger partial charge on any atom is -0.387 e. The second-order valence-electron chi connectivity index (χ2n) is 9.88. The quantitative estimate of drug-likeness (QED) is 0.0898. The van der Waals surface area contributed by atoms with Gasteiger partial charge in [-0.1, -0.05) is 0 Å². The molecule has 22 nitrogen and oxygen atoms in total. The average Bonchev–Trinajstić information content (AvgIpc) is 3.61. The van der Waals surface area contributed by atoms with Gasteiger partial charge in [0.25, 0.3) is 0 Å². The number of anilines is 1. The standard InChI is InChI=1S/C21H27N7O15P2/c22-17-12-19(25-6-24-17)28(7-26-12)21-16(33)14(31)11(42-21)5-40-45(37,38)43-44(35,36)39-4-10-13(30)15(32)20(41-10)27-2-1-9(29)8(3-27)18(23)34/h1-3,6-7,10-11,13-16,20-21,30-33H,4-5H2,(H2,23,34)(H,35,36)(H,37,38)(H2,22,24,25)/p+1/t10-,11-,13-,14-,15-,16-,20-,21-/m1/s1.